The summed E-state index contributed by atoms with van der Waals surface area (Å²) in [5, 5.41) is 0. The number of benzene rings is 1. The molecule has 1 aliphatic rings. The molecule has 106 valence electrons. The molecule has 0 saturated carbocycles. The predicted molar refractivity (Wildman–Crippen MR) is 76.0 cm³/mol. The Hall–Kier alpha value is -2.10. The van der Waals surface area contributed by atoms with E-state index in [1.165, 1.54) is 14.0 Å². The second kappa shape index (κ2) is 5.49. The summed E-state index contributed by atoms with van der Waals surface area (Å²) < 4.78 is 4.95. The Morgan fingerprint density at radius 3 is 2.50 bits per heavy atom. The number of carbonyl (C=O) groups is 2. The van der Waals surface area contributed by atoms with Gasteiger partial charge < -0.3 is 9.64 Å². The van der Waals surface area contributed by atoms with Crippen molar-refractivity contribution >= 4 is 11.9 Å². The van der Waals surface area contributed by atoms with Crippen molar-refractivity contribution in [3.8, 4) is 0 Å². The number of esters is 1. The standard InChI is InChI=1S/C16H19NO3/c1-12-9-10-16(15(19)20-3,17(12)13(2)18)11-14-7-5-4-6-8-14/h4-10,12H,11H2,1-3H3/t12?,16-/m0/s1. The highest BCUT2D eigenvalue weighted by atomic mass is 16.5. The molecule has 0 N–H and O–H groups in total. The largest absolute Gasteiger partial charge is 0.467 e. The molecule has 2 atom stereocenters. The zero-order valence-corrected chi connectivity index (χ0v) is 12.0. The third-order valence-electron chi connectivity index (χ3n) is 3.68. The van der Waals surface area contributed by atoms with E-state index < -0.39 is 11.5 Å². The molecule has 1 aromatic rings. The van der Waals surface area contributed by atoms with Crippen LogP contribution in [-0.2, 0) is 20.7 Å². The van der Waals surface area contributed by atoms with Gasteiger partial charge >= 0.3 is 5.97 Å². The third kappa shape index (κ3) is 2.33. The van der Waals surface area contributed by atoms with Gasteiger partial charge in [0.2, 0.25) is 5.91 Å². The lowest BCUT2D eigenvalue weighted by Gasteiger charge is -2.37. The van der Waals surface area contributed by atoms with Gasteiger partial charge in [-0.25, -0.2) is 4.79 Å². The van der Waals surface area contributed by atoms with Gasteiger partial charge in [-0.3, -0.25) is 4.79 Å². The molecule has 0 bridgehead atoms. The van der Waals surface area contributed by atoms with Crippen LogP contribution < -0.4 is 0 Å². The Kier molecular flexibility index (Phi) is 3.93. The van der Waals surface area contributed by atoms with Gasteiger partial charge in [0, 0.05) is 19.4 Å². The Morgan fingerprint density at radius 2 is 1.95 bits per heavy atom. The lowest BCUT2D eigenvalue weighted by Crippen LogP contribution is -2.56. The first-order valence-corrected chi connectivity index (χ1v) is 6.63. The van der Waals surface area contributed by atoms with E-state index in [4.69, 9.17) is 4.74 Å². The number of carbonyl (C=O) groups excluding carboxylic acids is 2. The van der Waals surface area contributed by atoms with Gasteiger partial charge in [0.05, 0.1) is 7.11 Å². The van der Waals surface area contributed by atoms with E-state index in [1.54, 1.807) is 11.0 Å². The summed E-state index contributed by atoms with van der Waals surface area (Å²) in [5.74, 6) is -0.541. The lowest BCUT2D eigenvalue weighted by atomic mass is 9.90. The lowest BCUT2D eigenvalue weighted by molar-refractivity contribution is -0.157. The molecule has 0 saturated heterocycles. The molecule has 1 unspecified atom stereocenters. The first-order chi connectivity index (χ1) is 9.51. The van der Waals surface area contributed by atoms with Crippen LogP contribution in [0, 0.1) is 0 Å². The average molecular weight is 273 g/mol. The summed E-state index contributed by atoms with van der Waals surface area (Å²) in [7, 11) is 1.35. The van der Waals surface area contributed by atoms with Crippen LogP contribution in [0.25, 0.3) is 0 Å². The van der Waals surface area contributed by atoms with Crippen molar-refractivity contribution in [2.45, 2.75) is 31.8 Å². The molecule has 0 aromatic heterocycles. The zero-order valence-electron chi connectivity index (χ0n) is 12.0. The minimum Gasteiger partial charge on any atom is -0.467 e. The fourth-order valence-corrected chi connectivity index (χ4v) is 2.86. The SMILES string of the molecule is COC(=O)[C@@]1(Cc2ccccc2)C=CC(C)N1C(C)=O. The zero-order chi connectivity index (χ0) is 14.8. The molecule has 1 heterocycles. The van der Waals surface area contributed by atoms with Crippen LogP contribution in [0.15, 0.2) is 42.5 Å². The number of nitrogens with zero attached hydrogens (tertiary/aromatic N) is 1. The third-order valence-corrected chi connectivity index (χ3v) is 3.68. The highest BCUT2D eigenvalue weighted by molar-refractivity contribution is 5.91. The van der Waals surface area contributed by atoms with Crippen molar-refractivity contribution < 1.29 is 14.3 Å². The van der Waals surface area contributed by atoms with E-state index in [0.29, 0.717) is 6.42 Å². The smallest absolute Gasteiger partial charge is 0.336 e. The minimum absolute atomic E-state index is 0.115. The predicted octanol–water partition coefficient (Wildman–Crippen LogP) is 1.95. The van der Waals surface area contributed by atoms with Crippen molar-refractivity contribution in [2.24, 2.45) is 0 Å². The Morgan fingerprint density at radius 1 is 1.30 bits per heavy atom. The van der Waals surface area contributed by atoms with Crippen molar-refractivity contribution in [1.29, 1.82) is 0 Å². The molecule has 0 spiro atoms. The minimum atomic E-state index is -1.04. The van der Waals surface area contributed by atoms with E-state index in [9.17, 15) is 9.59 Å². The molecule has 0 fully saturated rings. The summed E-state index contributed by atoms with van der Waals surface area (Å²) in [5.41, 5.74) is -0.0515. The fraction of sp³-hybridized carbons (Fsp3) is 0.375. The Bertz CT molecular complexity index is 538. The van der Waals surface area contributed by atoms with Crippen LogP contribution >= 0.6 is 0 Å². The number of ether oxygens (including phenoxy) is 1. The molecule has 0 aliphatic carbocycles. The van der Waals surface area contributed by atoms with Crippen molar-refractivity contribution in [2.75, 3.05) is 7.11 Å². The maximum atomic E-state index is 12.3. The van der Waals surface area contributed by atoms with Crippen LogP contribution in [0.3, 0.4) is 0 Å². The van der Waals surface area contributed by atoms with Crippen LogP contribution in [0.4, 0.5) is 0 Å². The number of amides is 1. The topological polar surface area (TPSA) is 46.6 Å². The monoisotopic (exact) mass is 273 g/mol. The van der Waals surface area contributed by atoms with Gasteiger partial charge in [0.25, 0.3) is 0 Å². The van der Waals surface area contributed by atoms with Crippen LogP contribution in [0.2, 0.25) is 0 Å². The summed E-state index contributed by atoms with van der Waals surface area (Å²) in [4.78, 5) is 25.9. The maximum absolute atomic E-state index is 12.3. The van der Waals surface area contributed by atoms with Gasteiger partial charge in [0.15, 0.2) is 5.54 Å². The normalized spacial score (nSPS) is 24.8. The van der Waals surface area contributed by atoms with Crippen molar-refractivity contribution in [3.05, 3.63) is 48.0 Å². The first kappa shape index (κ1) is 14.3. The molecule has 1 aliphatic heterocycles. The maximum Gasteiger partial charge on any atom is 0.336 e. The summed E-state index contributed by atoms with van der Waals surface area (Å²) in [6.07, 6.45) is 4.08. The highest BCUT2D eigenvalue weighted by Gasteiger charge is 2.49. The second-order valence-electron chi connectivity index (χ2n) is 5.07. The molecule has 1 aromatic carbocycles. The molecule has 4 nitrogen and oxygen atoms in total. The van der Waals surface area contributed by atoms with E-state index in [1.807, 2.05) is 43.3 Å². The molecule has 1 amide bonds. The van der Waals surface area contributed by atoms with E-state index in [2.05, 4.69) is 0 Å². The van der Waals surface area contributed by atoms with Gasteiger partial charge in [-0.15, -0.1) is 0 Å². The molecule has 4 heteroatoms. The quantitative estimate of drug-likeness (QED) is 0.624. The number of hydrogen-bond donors (Lipinski definition) is 0. The number of methoxy groups -OCH3 is 1. The van der Waals surface area contributed by atoms with E-state index in [-0.39, 0.29) is 11.9 Å². The number of rotatable bonds is 3. The Balaban J connectivity index is 2.44. The summed E-state index contributed by atoms with van der Waals surface area (Å²) >= 11 is 0. The van der Waals surface area contributed by atoms with Gasteiger partial charge in [-0.05, 0) is 18.6 Å². The Labute approximate surface area is 119 Å². The van der Waals surface area contributed by atoms with Crippen molar-refractivity contribution in [3.63, 3.8) is 0 Å². The average Bonchev–Trinajstić information content (AvgIpc) is 2.77. The highest BCUT2D eigenvalue weighted by Crippen LogP contribution is 2.32. The molecular weight excluding hydrogens is 254 g/mol. The summed E-state index contributed by atoms with van der Waals surface area (Å²) in [6, 6.07) is 9.53. The van der Waals surface area contributed by atoms with E-state index >= 15 is 0 Å². The van der Waals surface area contributed by atoms with Crippen LogP contribution in [0.5, 0.6) is 0 Å². The van der Waals surface area contributed by atoms with E-state index in [0.717, 1.165) is 5.56 Å². The molecule has 2 rings (SSSR count). The molecule has 0 radical (unpaired) electrons. The molecule has 20 heavy (non-hydrogen) atoms. The van der Waals surface area contributed by atoms with Crippen LogP contribution in [-0.4, -0.2) is 35.5 Å². The van der Waals surface area contributed by atoms with Crippen LogP contribution in [0.1, 0.15) is 19.4 Å². The summed E-state index contributed by atoms with van der Waals surface area (Å²) in [6.45, 7) is 3.37. The van der Waals surface area contributed by atoms with Gasteiger partial charge in [0.1, 0.15) is 0 Å². The first-order valence-electron chi connectivity index (χ1n) is 6.63. The second-order valence-corrected chi connectivity index (χ2v) is 5.07. The van der Waals surface area contributed by atoms with Gasteiger partial charge in [-0.2, -0.15) is 0 Å². The van der Waals surface area contributed by atoms with Gasteiger partial charge in [-0.1, -0.05) is 36.4 Å². The molecular formula is C16H19NO3. The number of hydrogen-bond acceptors (Lipinski definition) is 3. The van der Waals surface area contributed by atoms with Crippen molar-refractivity contribution in [1.82, 2.24) is 4.90 Å². The fourth-order valence-electron chi connectivity index (χ4n) is 2.86.